The van der Waals surface area contributed by atoms with E-state index in [9.17, 15) is 9.59 Å². The highest BCUT2D eigenvalue weighted by atomic mass is 16.2. The van der Waals surface area contributed by atoms with E-state index < -0.39 is 11.6 Å². The van der Waals surface area contributed by atoms with Crippen molar-refractivity contribution in [1.82, 2.24) is 14.8 Å². The van der Waals surface area contributed by atoms with Gasteiger partial charge in [-0.3, -0.25) is 9.78 Å². The number of benzene rings is 2. The fourth-order valence-corrected chi connectivity index (χ4v) is 2.08. The summed E-state index contributed by atoms with van der Waals surface area (Å²) in [6.45, 7) is 1.93. The Morgan fingerprint density at radius 1 is 1.14 bits per heavy atom. The summed E-state index contributed by atoms with van der Waals surface area (Å²) >= 11 is 0. The molecule has 3 rings (SSSR count). The molecule has 3 aromatic rings. The van der Waals surface area contributed by atoms with E-state index in [0.29, 0.717) is 11.4 Å². The lowest BCUT2D eigenvalue weighted by molar-refractivity contribution is 0.101. The fourth-order valence-electron chi connectivity index (χ4n) is 2.08. The summed E-state index contributed by atoms with van der Waals surface area (Å²) in [6.07, 6.45) is 0. The van der Waals surface area contributed by atoms with E-state index in [2.05, 4.69) is 15.4 Å². The van der Waals surface area contributed by atoms with Crippen molar-refractivity contribution >= 4 is 11.6 Å². The van der Waals surface area contributed by atoms with Crippen LogP contribution in [0.15, 0.2) is 59.4 Å². The lowest BCUT2D eigenvalue weighted by Crippen LogP contribution is -2.15. The second-order valence-corrected chi connectivity index (χ2v) is 4.85. The zero-order valence-corrected chi connectivity index (χ0v) is 11.9. The van der Waals surface area contributed by atoms with Gasteiger partial charge in [-0.05, 0) is 36.8 Å². The van der Waals surface area contributed by atoms with E-state index in [1.807, 2.05) is 31.2 Å². The van der Waals surface area contributed by atoms with Gasteiger partial charge in [0.2, 0.25) is 5.82 Å². The summed E-state index contributed by atoms with van der Waals surface area (Å²) < 4.78 is 1.16. The monoisotopic (exact) mass is 294 g/mol. The molecular formula is C16H14N4O2. The summed E-state index contributed by atoms with van der Waals surface area (Å²) in [4.78, 5) is 26.5. The molecule has 0 bridgehead atoms. The highest BCUT2D eigenvalue weighted by Gasteiger charge is 2.14. The minimum atomic E-state index is -0.461. The van der Waals surface area contributed by atoms with Gasteiger partial charge in [0.1, 0.15) is 0 Å². The molecule has 6 nitrogen and oxygen atoms in total. The lowest BCUT2D eigenvalue weighted by Gasteiger charge is -2.03. The van der Waals surface area contributed by atoms with Crippen LogP contribution >= 0.6 is 0 Å². The third-order valence-electron chi connectivity index (χ3n) is 3.11. The number of carbonyl (C=O) groups excluding carboxylic acids is 1. The van der Waals surface area contributed by atoms with Crippen LogP contribution in [-0.4, -0.2) is 20.7 Å². The Morgan fingerprint density at radius 3 is 2.64 bits per heavy atom. The van der Waals surface area contributed by atoms with E-state index in [0.717, 1.165) is 10.2 Å². The number of carbonyl (C=O) groups is 1. The minimum Gasteiger partial charge on any atom is -0.319 e. The second-order valence-electron chi connectivity index (χ2n) is 4.85. The number of para-hydroxylation sites is 1. The Morgan fingerprint density at radius 2 is 1.91 bits per heavy atom. The maximum Gasteiger partial charge on any atom is 0.348 e. The molecule has 22 heavy (non-hydrogen) atoms. The summed E-state index contributed by atoms with van der Waals surface area (Å²) in [5.74, 6) is -0.493. The molecule has 1 heterocycles. The number of H-pyrrole nitrogens is 1. The van der Waals surface area contributed by atoms with E-state index in [-0.39, 0.29) is 5.82 Å². The normalized spacial score (nSPS) is 10.4. The zero-order chi connectivity index (χ0) is 15.5. The van der Waals surface area contributed by atoms with Crippen molar-refractivity contribution in [3.05, 3.63) is 76.5 Å². The van der Waals surface area contributed by atoms with Crippen molar-refractivity contribution in [1.29, 1.82) is 0 Å². The molecule has 2 N–H and O–H groups in total. The number of anilines is 1. The largest absolute Gasteiger partial charge is 0.348 e. The topological polar surface area (TPSA) is 79.8 Å². The van der Waals surface area contributed by atoms with Crippen LogP contribution in [-0.2, 0) is 0 Å². The van der Waals surface area contributed by atoms with Gasteiger partial charge in [-0.25, -0.2) is 4.79 Å². The van der Waals surface area contributed by atoms with E-state index in [1.165, 1.54) is 0 Å². The molecule has 1 aromatic heterocycles. The van der Waals surface area contributed by atoms with Gasteiger partial charge in [-0.2, -0.15) is 4.68 Å². The van der Waals surface area contributed by atoms with E-state index in [4.69, 9.17) is 0 Å². The predicted octanol–water partition coefficient (Wildman–Crippen LogP) is 2.12. The SMILES string of the molecule is Cc1cccc(NC(=O)c2nn(-c3ccccc3)c(=O)[nH]2)c1. The second kappa shape index (κ2) is 5.69. The first-order valence-electron chi connectivity index (χ1n) is 6.76. The highest BCUT2D eigenvalue weighted by Crippen LogP contribution is 2.10. The number of rotatable bonds is 3. The van der Waals surface area contributed by atoms with Crippen molar-refractivity contribution in [3.63, 3.8) is 0 Å². The summed E-state index contributed by atoms with van der Waals surface area (Å²) in [5.41, 5.74) is 1.82. The van der Waals surface area contributed by atoms with Gasteiger partial charge in [0.05, 0.1) is 5.69 Å². The molecule has 0 spiro atoms. The number of nitrogens with zero attached hydrogens (tertiary/aromatic N) is 2. The van der Waals surface area contributed by atoms with Gasteiger partial charge in [0, 0.05) is 5.69 Å². The van der Waals surface area contributed by atoms with Crippen LogP contribution in [0.25, 0.3) is 5.69 Å². The van der Waals surface area contributed by atoms with Gasteiger partial charge in [0.15, 0.2) is 0 Å². The fraction of sp³-hybridized carbons (Fsp3) is 0.0625. The Kier molecular flexibility index (Phi) is 3.57. The average Bonchev–Trinajstić information content (AvgIpc) is 2.90. The van der Waals surface area contributed by atoms with Crippen molar-refractivity contribution in [2.24, 2.45) is 0 Å². The molecule has 0 saturated heterocycles. The van der Waals surface area contributed by atoms with Crippen molar-refractivity contribution in [3.8, 4) is 5.69 Å². The van der Waals surface area contributed by atoms with Crippen LogP contribution in [0, 0.1) is 6.92 Å². The number of nitrogens with one attached hydrogen (secondary N) is 2. The third kappa shape index (κ3) is 2.80. The van der Waals surface area contributed by atoms with Crippen molar-refractivity contribution in [2.75, 3.05) is 5.32 Å². The van der Waals surface area contributed by atoms with E-state index in [1.54, 1.807) is 30.3 Å². The van der Waals surface area contributed by atoms with Gasteiger partial charge >= 0.3 is 5.69 Å². The molecule has 2 aromatic carbocycles. The molecule has 0 aliphatic carbocycles. The molecular weight excluding hydrogens is 280 g/mol. The first-order valence-corrected chi connectivity index (χ1v) is 6.76. The van der Waals surface area contributed by atoms with Gasteiger partial charge < -0.3 is 5.32 Å². The van der Waals surface area contributed by atoms with Crippen molar-refractivity contribution in [2.45, 2.75) is 6.92 Å². The van der Waals surface area contributed by atoms with Gasteiger partial charge in [-0.1, -0.05) is 30.3 Å². The Bertz CT molecular complexity index is 865. The smallest absolute Gasteiger partial charge is 0.319 e. The number of aryl methyl sites for hydroxylation is 1. The molecule has 1 amide bonds. The molecule has 0 aliphatic heterocycles. The number of amides is 1. The summed E-state index contributed by atoms with van der Waals surface area (Å²) in [6, 6.07) is 16.3. The predicted molar refractivity (Wildman–Crippen MR) is 83.3 cm³/mol. The van der Waals surface area contributed by atoms with Crippen LogP contribution in [0.2, 0.25) is 0 Å². The first kappa shape index (κ1) is 13.8. The standard InChI is InChI=1S/C16H14N4O2/c1-11-6-5-7-12(10-11)17-15(21)14-18-16(22)20(19-14)13-8-3-2-4-9-13/h2-10H,1H3,(H,17,21)(H,18,19,22). The highest BCUT2D eigenvalue weighted by molar-refractivity contribution is 6.01. The average molecular weight is 294 g/mol. The zero-order valence-electron chi connectivity index (χ0n) is 11.9. The number of hydrogen-bond acceptors (Lipinski definition) is 3. The lowest BCUT2D eigenvalue weighted by atomic mass is 10.2. The number of hydrogen-bond donors (Lipinski definition) is 2. The number of aromatic amines is 1. The third-order valence-corrected chi connectivity index (χ3v) is 3.11. The molecule has 110 valence electrons. The number of aromatic nitrogens is 3. The molecule has 0 fully saturated rings. The van der Waals surface area contributed by atoms with Crippen LogP contribution in [0.4, 0.5) is 5.69 Å². The van der Waals surface area contributed by atoms with Crippen LogP contribution < -0.4 is 11.0 Å². The van der Waals surface area contributed by atoms with Crippen LogP contribution in [0.1, 0.15) is 16.2 Å². The molecule has 0 unspecified atom stereocenters. The van der Waals surface area contributed by atoms with Crippen LogP contribution in [0.3, 0.4) is 0 Å². The molecule has 0 aliphatic rings. The van der Waals surface area contributed by atoms with Crippen LogP contribution in [0.5, 0.6) is 0 Å². The molecule has 0 radical (unpaired) electrons. The maximum absolute atomic E-state index is 12.2. The molecule has 0 atom stereocenters. The molecule has 6 heteroatoms. The first-order chi connectivity index (χ1) is 10.6. The van der Waals surface area contributed by atoms with Gasteiger partial charge in [0.25, 0.3) is 5.91 Å². The molecule has 0 saturated carbocycles. The van der Waals surface area contributed by atoms with E-state index >= 15 is 0 Å². The Hall–Kier alpha value is -3.15. The summed E-state index contributed by atoms with van der Waals surface area (Å²) in [5, 5.41) is 6.74. The Balaban J connectivity index is 1.87. The van der Waals surface area contributed by atoms with Crippen molar-refractivity contribution < 1.29 is 4.79 Å². The summed E-state index contributed by atoms with van der Waals surface area (Å²) in [7, 11) is 0. The van der Waals surface area contributed by atoms with Gasteiger partial charge in [-0.15, -0.1) is 5.10 Å². The Labute approximate surface area is 126 Å². The quantitative estimate of drug-likeness (QED) is 0.776. The maximum atomic E-state index is 12.2. The minimum absolute atomic E-state index is 0.0321.